The third-order valence-corrected chi connectivity index (χ3v) is 3.60. The highest BCUT2D eigenvalue weighted by molar-refractivity contribution is 7.99. The maximum absolute atomic E-state index is 5.82. The van der Waals surface area contributed by atoms with Crippen LogP contribution in [0.3, 0.4) is 0 Å². The predicted octanol–water partition coefficient (Wildman–Crippen LogP) is 2.17. The number of nitrogens with one attached hydrogen (secondary N) is 1. The fourth-order valence-corrected chi connectivity index (χ4v) is 2.27. The summed E-state index contributed by atoms with van der Waals surface area (Å²) in [5.74, 6) is 0.932. The van der Waals surface area contributed by atoms with Crippen molar-refractivity contribution in [2.45, 2.75) is 11.7 Å². The lowest BCUT2D eigenvalue weighted by molar-refractivity contribution is 0.663. The minimum Gasteiger partial charge on any atom is -0.312 e. The van der Waals surface area contributed by atoms with Gasteiger partial charge in [0.05, 0.1) is 0 Å². The van der Waals surface area contributed by atoms with Gasteiger partial charge < -0.3 is 5.32 Å². The minimum absolute atomic E-state index is 0. The molecule has 1 N–H and O–H groups in total. The van der Waals surface area contributed by atoms with Crippen molar-refractivity contribution in [1.29, 1.82) is 0 Å². The van der Waals surface area contributed by atoms with Crippen LogP contribution in [-0.4, -0.2) is 32.5 Å². The summed E-state index contributed by atoms with van der Waals surface area (Å²) >= 11 is 7.46. The van der Waals surface area contributed by atoms with Gasteiger partial charge in [-0.15, -0.1) is 17.5 Å². The maximum atomic E-state index is 5.82. The molecule has 1 aromatic carbocycles. The molecule has 104 valence electrons. The van der Waals surface area contributed by atoms with Crippen LogP contribution in [0.2, 0.25) is 5.02 Å². The highest BCUT2D eigenvalue weighted by Crippen LogP contribution is 2.11. The van der Waals surface area contributed by atoms with Gasteiger partial charge in [-0.25, -0.2) is 4.68 Å². The van der Waals surface area contributed by atoms with Gasteiger partial charge in [-0.05, 0) is 28.1 Å². The fraction of sp³-hybridized carbons (Fsp3) is 0.364. The molecule has 0 aliphatic carbocycles. The van der Waals surface area contributed by atoms with Gasteiger partial charge in [0.1, 0.15) is 0 Å². The van der Waals surface area contributed by atoms with Crippen LogP contribution in [0.4, 0.5) is 0 Å². The van der Waals surface area contributed by atoms with E-state index < -0.39 is 0 Å². The Morgan fingerprint density at radius 2 is 2.05 bits per heavy atom. The van der Waals surface area contributed by atoms with Gasteiger partial charge in [0.15, 0.2) is 0 Å². The first kappa shape index (κ1) is 16.2. The van der Waals surface area contributed by atoms with Crippen molar-refractivity contribution in [2.75, 3.05) is 12.3 Å². The average Bonchev–Trinajstić information content (AvgIpc) is 2.77. The number of thioether (sulfide) groups is 1. The lowest BCUT2D eigenvalue weighted by Gasteiger charge is -2.04. The van der Waals surface area contributed by atoms with E-state index in [9.17, 15) is 0 Å². The number of hydrogen-bond acceptors (Lipinski definition) is 5. The molecule has 0 saturated carbocycles. The maximum Gasteiger partial charge on any atom is 0.209 e. The zero-order chi connectivity index (χ0) is 12.8. The SMILES string of the molecule is Cl.Cn1nnnc1SCCNCc1ccc(Cl)cc1. The molecule has 0 bridgehead atoms. The molecule has 0 aliphatic rings. The van der Waals surface area contributed by atoms with Crippen molar-refractivity contribution in [3.05, 3.63) is 34.9 Å². The Hall–Kier alpha value is -0.820. The van der Waals surface area contributed by atoms with Crippen molar-refractivity contribution in [2.24, 2.45) is 7.05 Å². The van der Waals surface area contributed by atoms with Gasteiger partial charge in [-0.2, -0.15) is 0 Å². The largest absolute Gasteiger partial charge is 0.312 e. The van der Waals surface area contributed by atoms with Crippen LogP contribution < -0.4 is 5.32 Å². The molecule has 0 spiro atoms. The minimum atomic E-state index is 0. The van der Waals surface area contributed by atoms with E-state index in [0.717, 1.165) is 29.0 Å². The number of hydrogen-bond donors (Lipinski definition) is 1. The Labute approximate surface area is 127 Å². The summed E-state index contributed by atoms with van der Waals surface area (Å²) < 4.78 is 1.67. The summed E-state index contributed by atoms with van der Waals surface area (Å²) in [6, 6.07) is 7.85. The Morgan fingerprint density at radius 1 is 1.32 bits per heavy atom. The normalized spacial score (nSPS) is 10.2. The number of rotatable bonds is 6. The summed E-state index contributed by atoms with van der Waals surface area (Å²) in [6.45, 7) is 1.74. The van der Waals surface area contributed by atoms with Gasteiger partial charge in [-0.1, -0.05) is 35.5 Å². The summed E-state index contributed by atoms with van der Waals surface area (Å²) in [5.41, 5.74) is 1.23. The van der Waals surface area contributed by atoms with Crippen molar-refractivity contribution in [3.8, 4) is 0 Å². The van der Waals surface area contributed by atoms with Crippen LogP contribution in [0, 0.1) is 0 Å². The fourth-order valence-electron chi connectivity index (χ4n) is 1.39. The molecule has 0 amide bonds. The third-order valence-electron chi connectivity index (χ3n) is 2.33. The van der Waals surface area contributed by atoms with Gasteiger partial charge in [0.25, 0.3) is 0 Å². The molecule has 0 saturated heterocycles. The molecule has 0 radical (unpaired) electrons. The number of tetrazole rings is 1. The lowest BCUT2D eigenvalue weighted by atomic mass is 10.2. The van der Waals surface area contributed by atoms with Gasteiger partial charge >= 0.3 is 0 Å². The van der Waals surface area contributed by atoms with E-state index in [1.165, 1.54) is 5.56 Å². The number of halogens is 2. The molecule has 2 rings (SSSR count). The molecule has 0 aliphatic heterocycles. The van der Waals surface area contributed by atoms with Crippen LogP contribution in [0.5, 0.6) is 0 Å². The van der Waals surface area contributed by atoms with Crippen LogP contribution >= 0.6 is 35.8 Å². The average molecular weight is 320 g/mol. The number of benzene rings is 1. The molecular formula is C11H15Cl2N5S. The zero-order valence-corrected chi connectivity index (χ0v) is 12.8. The molecule has 0 fully saturated rings. The van der Waals surface area contributed by atoms with Crippen molar-refractivity contribution < 1.29 is 0 Å². The van der Waals surface area contributed by atoms with Gasteiger partial charge in [0, 0.05) is 30.9 Å². The van der Waals surface area contributed by atoms with E-state index in [-0.39, 0.29) is 12.4 Å². The summed E-state index contributed by atoms with van der Waals surface area (Å²) in [5, 5.41) is 16.2. The lowest BCUT2D eigenvalue weighted by Crippen LogP contribution is -2.16. The molecule has 2 aromatic rings. The Bertz CT molecular complexity index is 488. The second-order valence-corrected chi connectivity index (χ2v) is 5.24. The summed E-state index contributed by atoms with van der Waals surface area (Å²) in [6.07, 6.45) is 0. The Balaban J connectivity index is 0.00000180. The Kier molecular flexibility index (Phi) is 7.15. The molecule has 1 aromatic heterocycles. The van der Waals surface area contributed by atoms with Crippen LogP contribution in [-0.2, 0) is 13.6 Å². The molecule has 0 unspecified atom stereocenters. The van der Waals surface area contributed by atoms with Crippen molar-refractivity contribution in [3.63, 3.8) is 0 Å². The summed E-state index contributed by atoms with van der Waals surface area (Å²) in [4.78, 5) is 0. The van der Waals surface area contributed by atoms with Crippen molar-refractivity contribution >= 4 is 35.8 Å². The predicted molar refractivity (Wildman–Crippen MR) is 79.9 cm³/mol. The second-order valence-electron chi connectivity index (χ2n) is 3.74. The molecule has 19 heavy (non-hydrogen) atoms. The highest BCUT2D eigenvalue weighted by Gasteiger charge is 2.01. The van der Waals surface area contributed by atoms with Crippen LogP contribution in [0.15, 0.2) is 29.4 Å². The van der Waals surface area contributed by atoms with E-state index in [1.807, 2.05) is 31.3 Å². The molecule has 8 heteroatoms. The zero-order valence-electron chi connectivity index (χ0n) is 10.4. The quantitative estimate of drug-likeness (QED) is 0.653. The first-order chi connectivity index (χ1) is 8.75. The first-order valence-electron chi connectivity index (χ1n) is 5.56. The standard InChI is InChI=1S/C11H14ClN5S.ClH/c1-17-11(14-15-16-17)18-7-6-13-8-9-2-4-10(12)5-3-9;/h2-5,13H,6-8H2,1H3;1H. The van der Waals surface area contributed by atoms with E-state index in [4.69, 9.17) is 11.6 Å². The first-order valence-corrected chi connectivity index (χ1v) is 6.92. The molecule has 0 atom stereocenters. The highest BCUT2D eigenvalue weighted by atomic mass is 35.5. The van der Waals surface area contributed by atoms with Gasteiger partial charge in [0.2, 0.25) is 5.16 Å². The van der Waals surface area contributed by atoms with E-state index >= 15 is 0 Å². The molecular weight excluding hydrogens is 305 g/mol. The molecule has 1 heterocycles. The topological polar surface area (TPSA) is 55.6 Å². The monoisotopic (exact) mass is 319 g/mol. The van der Waals surface area contributed by atoms with E-state index in [0.29, 0.717) is 0 Å². The van der Waals surface area contributed by atoms with E-state index in [1.54, 1.807) is 16.4 Å². The van der Waals surface area contributed by atoms with Crippen LogP contribution in [0.1, 0.15) is 5.56 Å². The second kappa shape index (κ2) is 8.37. The third kappa shape index (κ3) is 5.36. The number of nitrogens with zero attached hydrogens (tertiary/aromatic N) is 4. The van der Waals surface area contributed by atoms with Gasteiger partial charge in [-0.3, -0.25) is 0 Å². The number of aromatic nitrogens is 4. The smallest absolute Gasteiger partial charge is 0.209 e. The van der Waals surface area contributed by atoms with E-state index in [2.05, 4.69) is 20.8 Å². The summed E-state index contributed by atoms with van der Waals surface area (Å²) in [7, 11) is 1.84. The number of aryl methyl sites for hydroxylation is 1. The molecule has 5 nitrogen and oxygen atoms in total. The van der Waals surface area contributed by atoms with Crippen molar-refractivity contribution in [1.82, 2.24) is 25.5 Å². The van der Waals surface area contributed by atoms with Crippen LogP contribution in [0.25, 0.3) is 0 Å². The Morgan fingerprint density at radius 3 is 2.68 bits per heavy atom.